The Hall–Kier alpha value is -1.55. The van der Waals surface area contributed by atoms with E-state index in [1.165, 1.54) is 5.56 Å². The van der Waals surface area contributed by atoms with Gasteiger partial charge in [0.1, 0.15) is 0 Å². The van der Waals surface area contributed by atoms with Gasteiger partial charge in [-0.15, -0.1) is 0 Å². The molecule has 3 nitrogen and oxygen atoms in total. The van der Waals surface area contributed by atoms with E-state index in [1.54, 1.807) is 17.5 Å². The second-order valence-corrected chi connectivity index (χ2v) is 4.79. The minimum absolute atomic E-state index is 0.131. The Balaban J connectivity index is 2.04. The SMILES string of the molecule is CC(C)Oc1ncccc1NCc1ccsc1. The van der Waals surface area contributed by atoms with Crippen molar-refractivity contribution >= 4 is 17.0 Å². The maximum Gasteiger partial charge on any atom is 0.237 e. The maximum atomic E-state index is 5.64. The molecule has 0 saturated heterocycles. The minimum atomic E-state index is 0.131. The normalized spacial score (nSPS) is 10.5. The number of hydrogen-bond acceptors (Lipinski definition) is 4. The number of thiophene rings is 1. The second-order valence-electron chi connectivity index (χ2n) is 4.01. The van der Waals surface area contributed by atoms with E-state index in [9.17, 15) is 0 Å². The fourth-order valence-electron chi connectivity index (χ4n) is 1.43. The third-order valence-electron chi connectivity index (χ3n) is 2.18. The molecule has 2 rings (SSSR count). The maximum absolute atomic E-state index is 5.64. The van der Waals surface area contributed by atoms with Crippen molar-refractivity contribution in [1.29, 1.82) is 0 Å². The van der Waals surface area contributed by atoms with Gasteiger partial charge >= 0.3 is 0 Å². The molecule has 0 spiro atoms. The third-order valence-corrected chi connectivity index (χ3v) is 2.91. The number of nitrogens with zero attached hydrogens (tertiary/aromatic N) is 1. The minimum Gasteiger partial charge on any atom is -0.473 e. The average molecular weight is 248 g/mol. The lowest BCUT2D eigenvalue weighted by atomic mass is 10.3. The molecule has 0 aliphatic heterocycles. The molecule has 17 heavy (non-hydrogen) atoms. The van der Waals surface area contributed by atoms with Gasteiger partial charge in [0, 0.05) is 12.7 Å². The van der Waals surface area contributed by atoms with Gasteiger partial charge in [-0.1, -0.05) is 0 Å². The fourth-order valence-corrected chi connectivity index (χ4v) is 2.10. The van der Waals surface area contributed by atoms with Gasteiger partial charge in [-0.25, -0.2) is 4.98 Å². The zero-order valence-corrected chi connectivity index (χ0v) is 10.8. The Morgan fingerprint density at radius 1 is 1.41 bits per heavy atom. The van der Waals surface area contributed by atoms with Crippen molar-refractivity contribution in [2.24, 2.45) is 0 Å². The summed E-state index contributed by atoms with van der Waals surface area (Å²) < 4.78 is 5.64. The van der Waals surface area contributed by atoms with Crippen LogP contribution in [0.25, 0.3) is 0 Å². The lowest BCUT2D eigenvalue weighted by Crippen LogP contribution is -2.09. The molecule has 2 heterocycles. The molecule has 0 amide bonds. The quantitative estimate of drug-likeness (QED) is 0.878. The monoisotopic (exact) mass is 248 g/mol. The van der Waals surface area contributed by atoms with E-state index in [-0.39, 0.29) is 6.10 Å². The molecule has 0 aliphatic carbocycles. The molecule has 0 aromatic carbocycles. The summed E-state index contributed by atoms with van der Waals surface area (Å²) in [7, 11) is 0. The van der Waals surface area contributed by atoms with Crippen LogP contribution in [0.5, 0.6) is 5.88 Å². The first-order valence-electron chi connectivity index (χ1n) is 5.62. The van der Waals surface area contributed by atoms with Gasteiger partial charge in [0.15, 0.2) is 0 Å². The van der Waals surface area contributed by atoms with Crippen LogP contribution in [-0.4, -0.2) is 11.1 Å². The standard InChI is InChI=1S/C13H16N2OS/c1-10(2)16-13-12(4-3-6-14-13)15-8-11-5-7-17-9-11/h3-7,9-10,15H,8H2,1-2H3. The summed E-state index contributed by atoms with van der Waals surface area (Å²) in [6.07, 6.45) is 1.87. The van der Waals surface area contributed by atoms with E-state index in [4.69, 9.17) is 4.74 Å². The van der Waals surface area contributed by atoms with E-state index in [2.05, 4.69) is 27.1 Å². The van der Waals surface area contributed by atoms with E-state index in [0.29, 0.717) is 5.88 Å². The Labute approximate surface area is 105 Å². The smallest absolute Gasteiger partial charge is 0.237 e. The van der Waals surface area contributed by atoms with Gasteiger partial charge in [0.25, 0.3) is 0 Å². The molecule has 2 aromatic heterocycles. The highest BCUT2D eigenvalue weighted by Gasteiger charge is 2.06. The molecular weight excluding hydrogens is 232 g/mol. The first-order chi connectivity index (χ1) is 8.25. The highest BCUT2D eigenvalue weighted by Crippen LogP contribution is 2.22. The van der Waals surface area contributed by atoms with Crippen LogP contribution in [0.3, 0.4) is 0 Å². The van der Waals surface area contributed by atoms with Crippen molar-refractivity contribution < 1.29 is 4.74 Å². The van der Waals surface area contributed by atoms with Gasteiger partial charge in [-0.05, 0) is 48.4 Å². The molecule has 0 fully saturated rings. The lowest BCUT2D eigenvalue weighted by molar-refractivity contribution is 0.234. The highest BCUT2D eigenvalue weighted by atomic mass is 32.1. The van der Waals surface area contributed by atoms with Gasteiger partial charge in [-0.3, -0.25) is 0 Å². The zero-order chi connectivity index (χ0) is 12.1. The first-order valence-corrected chi connectivity index (χ1v) is 6.56. The zero-order valence-electron chi connectivity index (χ0n) is 10.0. The number of nitrogens with one attached hydrogen (secondary N) is 1. The second kappa shape index (κ2) is 5.68. The van der Waals surface area contributed by atoms with E-state index in [0.717, 1.165) is 12.2 Å². The van der Waals surface area contributed by atoms with E-state index >= 15 is 0 Å². The molecule has 90 valence electrons. The van der Waals surface area contributed by atoms with Crippen LogP contribution in [-0.2, 0) is 6.54 Å². The third kappa shape index (κ3) is 3.46. The number of hydrogen-bond donors (Lipinski definition) is 1. The average Bonchev–Trinajstić information content (AvgIpc) is 2.80. The van der Waals surface area contributed by atoms with Crippen LogP contribution in [0, 0.1) is 0 Å². The van der Waals surface area contributed by atoms with Crippen molar-refractivity contribution in [3.8, 4) is 5.88 Å². The Morgan fingerprint density at radius 3 is 3.00 bits per heavy atom. The topological polar surface area (TPSA) is 34.1 Å². The first kappa shape index (κ1) is 11.9. The molecule has 0 saturated carbocycles. The molecule has 0 atom stereocenters. The predicted molar refractivity (Wildman–Crippen MR) is 71.6 cm³/mol. The van der Waals surface area contributed by atoms with Crippen LogP contribution in [0.15, 0.2) is 35.2 Å². The largest absolute Gasteiger partial charge is 0.473 e. The summed E-state index contributed by atoms with van der Waals surface area (Å²) in [5, 5.41) is 7.55. The van der Waals surface area contributed by atoms with Crippen LogP contribution in [0.2, 0.25) is 0 Å². The molecule has 0 aliphatic rings. The Morgan fingerprint density at radius 2 is 2.29 bits per heavy atom. The van der Waals surface area contributed by atoms with Gasteiger partial charge in [-0.2, -0.15) is 11.3 Å². The molecule has 2 aromatic rings. The summed E-state index contributed by atoms with van der Waals surface area (Å²) in [4.78, 5) is 4.24. The number of ether oxygens (including phenoxy) is 1. The molecule has 0 radical (unpaired) electrons. The van der Waals surface area contributed by atoms with Crippen LogP contribution in [0.1, 0.15) is 19.4 Å². The van der Waals surface area contributed by atoms with Crippen molar-refractivity contribution in [3.05, 3.63) is 40.7 Å². The molecule has 4 heteroatoms. The Kier molecular flexibility index (Phi) is 3.98. The van der Waals surface area contributed by atoms with Crippen LogP contribution >= 0.6 is 11.3 Å². The number of aromatic nitrogens is 1. The van der Waals surface area contributed by atoms with E-state index in [1.807, 2.05) is 26.0 Å². The highest BCUT2D eigenvalue weighted by molar-refractivity contribution is 7.07. The summed E-state index contributed by atoms with van der Waals surface area (Å²) in [5.41, 5.74) is 2.21. The summed E-state index contributed by atoms with van der Waals surface area (Å²) in [6, 6.07) is 6.00. The van der Waals surface area contributed by atoms with Crippen LogP contribution < -0.4 is 10.1 Å². The van der Waals surface area contributed by atoms with Gasteiger partial charge in [0.05, 0.1) is 11.8 Å². The van der Waals surface area contributed by atoms with Crippen LogP contribution in [0.4, 0.5) is 5.69 Å². The molecule has 1 N–H and O–H groups in total. The summed E-state index contributed by atoms with van der Waals surface area (Å²) in [6.45, 7) is 4.79. The fraction of sp³-hybridized carbons (Fsp3) is 0.308. The van der Waals surface area contributed by atoms with Crippen molar-refractivity contribution in [2.75, 3.05) is 5.32 Å². The molecular formula is C13H16N2OS. The number of pyridine rings is 1. The van der Waals surface area contributed by atoms with Crippen molar-refractivity contribution in [2.45, 2.75) is 26.5 Å². The van der Waals surface area contributed by atoms with Gasteiger partial charge in [0.2, 0.25) is 5.88 Å². The molecule has 0 bridgehead atoms. The Bertz CT molecular complexity index is 454. The van der Waals surface area contributed by atoms with Gasteiger partial charge < -0.3 is 10.1 Å². The summed E-state index contributed by atoms with van der Waals surface area (Å²) >= 11 is 1.70. The van der Waals surface area contributed by atoms with E-state index < -0.39 is 0 Å². The van der Waals surface area contributed by atoms with Crippen molar-refractivity contribution in [1.82, 2.24) is 4.98 Å². The number of anilines is 1. The number of rotatable bonds is 5. The summed E-state index contributed by atoms with van der Waals surface area (Å²) in [5.74, 6) is 0.665. The predicted octanol–water partition coefficient (Wildman–Crippen LogP) is 3.54. The molecule has 0 unspecified atom stereocenters. The lowest BCUT2D eigenvalue weighted by Gasteiger charge is -2.13. The van der Waals surface area contributed by atoms with Crippen molar-refractivity contribution in [3.63, 3.8) is 0 Å².